The summed E-state index contributed by atoms with van der Waals surface area (Å²) in [4.78, 5) is 22.0. The fraction of sp³-hybridized carbons (Fsp3) is 0.273. The third kappa shape index (κ3) is 3.64. The molecule has 1 aromatic carbocycles. The van der Waals surface area contributed by atoms with Crippen LogP contribution in [0.1, 0.15) is 12.5 Å². The molecule has 0 radical (unpaired) electrons. The van der Waals surface area contributed by atoms with Crippen LogP contribution in [0.4, 0.5) is 10.5 Å². The fourth-order valence-corrected chi connectivity index (χ4v) is 1.47. The number of amides is 3. The van der Waals surface area contributed by atoms with E-state index in [1.807, 2.05) is 12.2 Å². The number of rotatable bonds is 3. The summed E-state index contributed by atoms with van der Waals surface area (Å²) in [6.07, 6.45) is 0. The monoisotopic (exact) mass is 255 g/mol. The van der Waals surface area contributed by atoms with Crippen molar-refractivity contribution in [2.75, 3.05) is 5.32 Å². The second-order valence-corrected chi connectivity index (χ2v) is 4.04. The van der Waals surface area contributed by atoms with Crippen molar-refractivity contribution in [1.82, 2.24) is 5.32 Å². The third-order valence-corrected chi connectivity index (χ3v) is 2.69. The molecule has 0 heterocycles. The van der Waals surface area contributed by atoms with E-state index >= 15 is 0 Å². The van der Waals surface area contributed by atoms with Crippen LogP contribution >= 0.6 is 11.6 Å². The molecule has 0 saturated carbocycles. The first-order chi connectivity index (χ1) is 7.91. The van der Waals surface area contributed by atoms with Crippen LogP contribution in [0.25, 0.3) is 0 Å². The highest BCUT2D eigenvalue weighted by Crippen LogP contribution is 2.23. The third-order valence-electron chi connectivity index (χ3n) is 2.28. The minimum Gasteiger partial charge on any atom is -0.374 e. The van der Waals surface area contributed by atoms with Gasteiger partial charge in [-0.15, -0.1) is 0 Å². The van der Waals surface area contributed by atoms with Gasteiger partial charge in [0.15, 0.2) is 0 Å². The summed E-state index contributed by atoms with van der Waals surface area (Å²) in [5, 5.41) is 5.56. The molecule has 0 saturated heterocycles. The second kappa shape index (κ2) is 5.54. The van der Waals surface area contributed by atoms with Gasteiger partial charge in [-0.1, -0.05) is 17.7 Å². The number of urea groups is 1. The molecule has 1 rings (SSSR count). The quantitative estimate of drug-likeness (QED) is 0.768. The lowest BCUT2D eigenvalue weighted by molar-refractivity contribution is -0.120. The van der Waals surface area contributed by atoms with E-state index in [0.717, 1.165) is 11.3 Å². The van der Waals surface area contributed by atoms with Crippen molar-refractivity contribution in [1.29, 1.82) is 0 Å². The average molecular weight is 256 g/mol. The molecule has 5 nitrogen and oxygen atoms in total. The van der Waals surface area contributed by atoms with Crippen LogP contribution in [-0.2, 0) is 4.79 Å². The zero-order valence-corrected chi connectivity index (χ0v) is 10.3. The van der Waals surface area contributed by atoms with Crippen molar-refractivity contribution < 1.29 is 9.59 Å². The van der Waals surface area contributed by atoms with Crippen LogP contribution in [0.15, 0.2) is 18.2 Å². The van der Waals surface area contributed by atoms with Crippen LogP contribution < -0.4 is 16.4 Å². The number of hydrogen-bond donors (Lipinski definition) is 3. The highest BCUT2D eigenvalue weighted by atomic mass is 35.5. The number of carbonyl (C=O) groups is 2. The Morgan fingerprint density at radius 3 is 2.65 bits per heavy atom. The number of hydrogen-bond acceptors (Lipinski definition) is 3. The van der Waals surface area contributed by atoms with E-state index < -0.39 is 18.0 Å². The molecule has 0 aromatic heterocycles. The molecule has 6 heteroatoms. The molecule has 1 atom stereocenters. The van der Waals surface area contributed by atoms with Gasteiger partial charge in [0.1, 0.15) is 6.04 Å². The maximum Gasteiger partial charge on any atom is 0.318 e. The lowest BCUT2D eigenvalue weighted by Crippen LogP contribution is -2.43. The van der Waals surface area contributed by atoms with Gasteiger partial charge in [0.05, 0.1) is 0 Å². The minimum atomic E-state index is -0.869. The topological polar surface area (TPSA) is 84.2 Å². The first kappa shape index (κ1) is 13.3. The van der Waals surface area contributed by atoms with Crippen molar-refractivity contribution in [3.63, 3.8) is 0 Å². The smallest absolute Gasteiger partial charge is 0.318 e. The zero-order chi connectivity index (χ0) is 13.0. The van der Waals surface area contributed by atoms with Gasteiger partial charge in [0, 0.05) is 10.7 Å². The van der Waals surface area contributed by atoms with E-state index in [1.165, 1.54) is 0 Å². The molecule has 0 spiro atoms. The van der Waals surface area contributed by atoms with Crippen LogP contribution in [0.2, 0.25) is 5.02 Å². The molecule has 0 aliphatic rings. The molecule has 1 aromatic rings. The van der Waals surface area contributed by atoms with Gasteiger partial charge in [-0.05, 0) is 31.5 Å². The molecule has 0 fully saturated rings. The van der Waals surface area contributed by atoms with Gasteiger partial charge in [0.25, 0.3) is 0 Å². The number of benzene rings is 1. The van der Waals surface area contributed by atoms with Gasteiger partial charge in [-0.2, -0.15) is 0 Å². The number of anilines is 1. The van der Waals surface area contributed by atoms with Crippen molar-refractivity contribution in [2.45, 2.75) is 19.9 Å². The number of primary amides is 1. The maximum absolute atomic E-state index is 11.4. The van der Waals surface area contributed by atoms with Gasteiger partial charge in [-0.25, -0.2) is 4.79 Å². The molecule has 0 aliphatic heterocycles. The Balaban J connectivity index is 2.74. The van der Waals surface area contributed by atoms with Crippen LogP contribution in [0.3, 0.4) is 0 Å². The Morgan fingerprint density at radius 1 is 1.41 bits per heavy atom. The van der Waals surface area contributed by atoms with E-state index in [9.17, 15) is 9.59 Å². The summed E-state index contributed by atoms with van der Waals surface area (Å²) in [5.74, 6) is -0.489. The molecule has 92 valence electrons. The average Bonchev–Trinajstić information content (AvgIpc) is 2.23. The second-order valence-electron chi connectivity index (χ2n) is 3.63. The first-order valence-corrected chi connectivity index (χ1v) is 5.41. The summed E-state index contributed by atoms with van der Waals surface area (Å²) >= 11 is 5.95. The number of halogens is 1. The predicted octanol–water partition coefficient (Wildman–Crippen LogP) is 1.64. The molecule has 3 amide bonds. The van der Waals surface area contributed by atoms with Crippen molar-refractivity contribution in [3.8, 4) is 0 Å². The number of nitrogens with one attached hydrogen (secondary N) is 2. The molecule has 0 bridgehead atoms. The molecular weight excluding hydrogens is 242 g/mol. The van der Waals surface area contributed by atoms with Gasteiger partial charge < -0.3 is 11.1 Å². The fourth-order valence-electron chi connectivity index (χ4n) is 1.29. The Hall–Kier alpha value is -1.75. The Labute approximate surface area is 104 Å². The van der Waals surface area contributed by atoms with E-state index in [2.05, 4.69) is 5.32 Å². The zero-order valence-electron chi connectivity index (χ0n) is 9.58. The predicted molar refractivity (Wildman–Crippen MR) is 67.0 cm³/mol. The lowest BCUT2D eigenvalue weighted by atomic mass is 10.2. The summed E-state index contributed by atoms with van der Waals surface area (Å²) in [7, 11) is 0. The normalized spacial score (nSPS) is 11.7. The SMILES string of the molecule is Cc1c(Cl)cccc1NC(C)C(=O)NC(N)=O. The van der Waals surface area contributed by atoms with Gasteiger partial charge >= 0.3 is 6.03 Å². The highest BCUT2D eigenvalue weighted by molar-refractivity contribution is 6.31. The van der Waals surface area contributed by atoms with E-state index in [0.29, 0.717) is 5.02 Å². The van der Waals surface area contributed by atoms with E-state index in [1.54, 1.807) is 25.1 Å². The molecule has 1 unspecified atom stereocenters. The lowest BCUT2D eigenvalue weighted by Gasteiger charge is -2.16. The maximum atomic E-state index is 11.4. The molecule has 0 aliphatic carbocycles. The van der Waals surface area contributed by atoms with Crippen LogP contribution in [-0.4, -0.2) is 18.0 Å². The highest BCUT2D eigenvalue weighted by Gasteiger charge is 2.15. The standard InChI is InChI=1S/C11H14ClN3O2/c1-6-8(12)4-3-5-9(6)14-7(2)10(16)15-11(13)17/h3-5,7,14H,1-2H3,(H3,13,15,16,17). The Morgan fingerprint density at radius 2 is 2.06 bits per heavy atom. The minimum absolute atomic E-state index is 0.489. The summed E-state index contributed by atoms with van der Waals surface area (Å²) in [6, 6.07) is 3.88. The van der Waals surface area contributed by atoms with E-state index in [4.69, 9.17) is 17.3 Å². The molecule has 17 heavy (non-hydrogen) atoms. The van der Waals surface area contributed by atoms with Crippen molar-refractivity contribution >= 4 is 29.2 Å². The van der Waals surface area contributed by atoms with Crippen molar-refractivity contribution in [2.24, 2.45) is 5.73 Å². The van der Waals surface area contributed by atoms with Gasteiger partial charge in [0.2, 0.25) is 5.91 Å². The van der Waals surface area contributed by atoms with Gasteiger partial charge in [-0.3, -0.25) is 10.1 Å². The number of imide groups is 1. The summed E-state index contributed by atoms with van der Waals surface area (Å²) in [5.41, 5.74) is 6.44. The van der Waals surface area contributed by atoms with Crippen LogP contribution in [0.5, 0.6) is 0 Å². The van der Waals surface area contributed by atoms with E-state index in [-0.39, 0.29) is 0 Å². The number of nitrogens with two attached hydrogens (primary N) is 1. The molecular formula is C11H14ClN3O2. The Kier molecular flexibility index (Phi) is 4.34. The molecule has 4 N–H and O–H groups in total. The Bertz CT molecular complexity index is 448. The largest absolute Gasteiger partial charge is 0.374 e. The summed E-state index contributed by atoms with van der Waals surface area (Å²) < 4.78 is 0. The van der Waals surface area contributed by atoms with Crippen molar-refractivity contribution in [3.05, 3.63) is 28.8 Å². The number of carbonyl (C=O) groups excluding carboxylic acids is 2. The summed E-state index contributed by atoms with van der Waals surface area (Å²) in [6.45, 7) is 3.46. The van der Waals surface area contributed by atoms with Crippen LogP contribution in [0, 0.1) is 6.92 Å². The first-order valence-electron chi connectivity index (χ1n) is 5.03.